The van der Waals surface area contributed by atoms with Gasteiger partial charge in [-0.2, -0.15) is 0 Å². The fraction of sp³-hybridized carbons (Fsp3) is 0.565. The maximum Gasteiger partial charge on any atom is 0.408 e. The van der Waals surface area contributed by atoms with Gasteiger partial charge < -0.3 is 19.7 Å². The second kappa shape index (κ2) is 9.77. The number of ether oxygens (including phenoxy) is 2. The van der Waals surface area contributed by atoms with Crippen molar-refractivity contribution in [1.29, 1.82) is 0 Å². The highest BCUT2D eigenvalue weighted by Crippen LogP contribution is 2.26. The number of hydrogen-bond donors (Lipinski definition) is 1. The van der Waals surface area contributed by atoms with E-state index in [0.29, 0.717) is 12.8 Å². The van der Waals surface area contributed by atoms with E-state index in [0.717, 1.165) is 10.4 Å². The van der Waals surface area contributed by atoms with E-state index in [9.17, 15) is 14.4 Å². The second-order valence-electron chi connectivity index (χ2n) is 9.57. The molecule has 0 radical (unpaired) electrons. The van der Waals surface area contributed by atoms with Crippen LogP contribution in [0.5, 0.6) is 0 Å². The van der Waals surface area contributed by atoms with Gasteiger partial charge in [-0.25, -0.2) is 4.79 Å². The van der Waals surface area contributed by atoms with Gasteiger partial charge in [-0.15, -0.1) is 0 Å². The van der Waals surface area contributed by atoms with Crippen LogP contribution in [0.2, 0.25) is 0 Å². The topological polar surface area (TPSA) is 84.9 Å². The van der Waals surface area contributed by atoms with Crippen molar-refractivity contribution in [2.24, 2.45) is 0 Å². The van der Waals surface area contributed by atoms with Gasteiger partial charge in [-0.3, -0.25) is 9.59 Å². The van der Waals surface area contributed by atoms with Gasteiger partial charge in [0.15, 0.2) is 0 Å². The first-order valence-corrected chi connectivity index (χ1v) is 10.8. The van der Waals surface area contributed by atoms with E-state index in [1.54, 1.807) is 41.5 Å². The van der Waals surface area contributed by atoms with Gasteiger partial charge in [0.1, 0.15) is 23.8 Å². The predicted octanol–water partition coefficient (Wildman–Crippen LogP) is 3.63. The molecule has 0 unspecified atom stereocenters. The second-order valence-corrected chi connectivity index (χ2v) is 10.1. The molecule has 0 bridgehead atoms. The average molecular weight is 449 g/mol. The molecule has 1 aliphatic rings. The maximum atomic E-state index is 12.7. The van der Waals surface area contributed by atoms with Crippen molar-refractivity contribution in [3.63, 3.8) is 0 Å². The highest BCUT2D eigenvalue weighted by Gasteiger charge is 2.49. The Hall–Kier alpha value is -2.48. The molecule has 0 spiro atoms. The van der Waals surface area contributed by atoms with Gasteiger partial charge in [-0.05, 0) is 59.9 Å². The molecule has 1 aromatic rings. The summed E-state index contributed by atoms with van der Waals surface area (Å²) in [7, 11) is 0. The number of carbonyl (C=O) groups is 3. The summed E-state index contributed by atoms with van der Waals surface area (Å²) < 4.78 is 10.6. The van der Waals surface area contributed by atoms with Gasteiger partial charge in [0.05, 0.1) is 6.04 Å². The van der Waals surface area contributed by atoms with Crippen molar-refractivity contribution in [3.8, 4) is 0 Å². The minimum atomic E-state index is -0.768. The summed E-state index contributed by atoms with van der Waals surface area (Å²) in [5, 5.41) is 2.64. The molecule has 8 heteroatoms. The van der Waals surface area contributed by atoms with Crippen molar-refractivity contribution >= 4 is 35.1 Å². The first-order valence-electron chi connectivity index (χ1n) is 10.4. The predicted molar refractivity (Wildman–Crippen MR) is 122 cm³/mol. The Morgan fingerprint density at radius 1 is 1.03 bits per heavy atom. The largest absolute Gasteiger partial charge is 0.459 e. The van der Waals surface area contributed by atoms with Crippen LogP contribution >= 0.6 is 12.2 Å². The van der Waals surface area contributed by atoms with Crippen LogP contribution in [0.4, 0.5) is 4.79 Å². The quantitative estimate of drug-likeness (QED) is 0.297. The molecule has 2 atom stereocenters. The van der Waals surface area contributed by atoms with Crippen molar-refractivity contribution in [2.75, 3.05) is 6.54 Å². The molecule has 1 fully saturated rings. The number of benzene rings is 1. The molecule has 1 aliphatic heterocycles. The zero-order chi connectivity index (χ0) is 23.4. The number of alkyl carbamates (subject to hydrolysis) is 1. The van der Waals surface area contributed by atoms with Crippen LogP contribution in [0.3, 0.4) is 0 Å². The number of thiocarbonyl (C=S) groups is 1. The number of β-lactam (4-membered cyclic amide) rings is 1. The Morgan fingerprint density at radius 3 is 2.16 bits per heavy atom. The minimum absolute atomic E-state index is 0.175. The summed E-state index contributed by atoms with van der Waals surface area (Å²) in [5.41, 5.74) is -0.389. The lowest BCUT2D eigenvalue weighted by molar-refractivity contribution is -0.167. The SMILES string of the molecule is CC(C)(C)OC(=O)CN1C(=O)[C@@H](NC(=O)OC(C)(C)C)[C@H]1CCC(=S)c1ccccc1. The molecule has 31 heavy (non-hydrogen) atoms. The normalized spacial score (nSPS) is 18.8. The van der Waals surface area contributed by atoms with Crippen LogP contribution in [-0.4, -0.2) is 57.6 Å². The first-order chi connectivity index (χ1) is 14.3. The number of rotatable bonds is 7. The molecule has 0 saturated carbocycles. The lowest BCUT2D eigenvalue weighted by atomic mass is 9.89. The van der Waals surface area contributed by atoms with Gasteiger partial charge in [-0.1, -0.05) is 42.5 Å². The molecule has 1 aromatic carbocycles. The van der Waals surface area contributed by atoms with Crippen molar-refractivity contribution in [2.45, 2.75) is 77.7 Å². The molecule has 7 nitrogen and oxygen atoms in total. The van der Waals surface area contributed by atoms with Crippen LogP contribution in [0.15, 0.2) is 30.3 Å². The molecule has 2 amide bonds. The Morgan fingerprint density at radius 2 is 1.61 bits per heavy atom. The summed E-state index contributed by atoms with van der Waals surface area (Å²) in [5.74, 6) is -0.834. The fourth-order valence-corrected chi connectivity index (χ4v) is 3.53. The molecule has 0 aliphatic carbocycles. The Balaban J connectivity index is 2.07. The minimum Gasteiger partial charge on any atom is -0.459 e. The van der Waals surface area contributed by atoms with Crippen molar-refractivity contribution in [1.82, 2.24) is 10.2 Å². The molecular weight excluding hydrogens is 416 g/mol. The summed E-state index contributed by atoms with van der Waals surface area (Å²) in [6, 6.07) is 8.46. The number of nitrogens with one attached hydrogen (secondary N) is 1. The Bertz CT molecular complexity index is 787. The van der Waals surface area contributed by atoms with Gasteiger partial charge >= 0.3 is 12.1 Å². The lowest BCUT2D eigenvalue weighted by Gasteiger charge is -2.47. The molecule has 1 N–H and O–H groups in total. The van der Waals surface area contributed by atoms with E-state index in [2.05, 4.69) is 5.32 Å². The number of likely N-dealkylation sites (tertiary alicyclic amines) is 1. The van der Waals surface area contributed by atoms with Crippen molar-refractivity contribution in [3.05, 3.63) is 35.9 Å². The highest BCUT2D eigenvalue weighted by atomic mass is 32.1. The molecule has 1 saturated heterocycles. The summed E-state index contributed by atoms with van der Waals surface area (Å²) in [6.07, 6.45) is 0.371. The number of nitrogens with zero attached hydrogens (tertiary/aromatic N) is 1. The zero-order valence-corrected chi connectivity index (χ0v) is 19.9. The number of carbonyl (C=O) groups excluding carboxylic acids is 3. The molecular formula is C23H32N2O5S. The summed E-state index contributed by atoms with van der Waals surface area (Å²) >= 11 is 5.53. The van der Waals surface area contributed by atoms with Gasteiger partial charge in [0, 0.05) is 4.86 Å². The third-order valence-electron chi connectivity index (χ3n) is 4.49. The van der Waals surface area contributed by atoms with E-state index in [-0.39, 0.29) is 18.5 Å². The van der Waals surface area contributed by atoms with Crippen LogP contribution < -0.4 is 5.32 Å². The number of amides is 2. The zero-order valence-electron chi connectivity index (χ0n) is 19.1. The third kappa shape index (κ3) is 7.61. The Labute approximate surface area is 189 Å². The standard InChI is InChI=1S/C23H32N2O5S/c1-22(2,3)29-18(26)14-25-16(12-13-17(31)15-10-8-7-9-11-15)19(20(25)27)24-21(28)30-23(4,5)6/h7-11,16,19H,12-14H2,1-6H3,(H,24,28)/t16-,19+/m1/s1. The van der Waals surface area contributed by atoms with E-state index in [1.807, 2.05) is 30.3 Å². The van der Waals surface area contributed by atoms with E-state index in [1.165, 1.54) is 4.90 Å². The van der Waals surface area contributed by atoms with E-state index in [4.69, 9.17) is 21.7 Å². The van der Waals surface area contributed by atoms with E-state index < -0.39 is 29.3 Å². The monoisotopic (exact) mass is 448 g/mol. The number of hydrogen-bond acceptors (Lipinski definition) is 6. The van der Waals surface area contributed by atoms with E-state index >= 15 is 0 Å². The van der Waals surface area contributed by atoms with Gasteiger partial charge in [0.25, 0.3) is 0 Å². The van der Waals surface area contributed by atoms with Crippen LogP contribution in [-0.2, 0) is 19.1 Å². The average Bonchev–Trinajstić information content (AvgIpc) is 2.63. The molecule has 0 aromatic heterocycles. The molecule has 1 heterocycles. The summed E-state index contributed by atoms with van der Waals surface area (Å²) in [4.78, 5) is 39.4. The Kier molecular flexibility index (Phi) is 7.81. The van der Waals surface area contributed by atoms with Crippen LogP contribution in [0, 0.1) is 0 Å². The first kappa shape index (κ1) is 24.8. The summed E-state index contributed by atoms with van der Waals surface area (Å²) in [6.45, 7) is 10.4. The van der Waals surface area contributed by atoms with Gasteiger partial charge in [0.2, 0.25) is 5.91 Å². The van der Waals surface area contributed by atoms with Crippen molar-refractivity contribution < 1.29 is 23.9 Å². The molecule has 2 rings (SSSR count). The third-order valence-corrected chi connectivity index (χ3v) is 4.93. The molecule has 170 valence electrons. The number of esters is 1. The van der Waals surface area contributed by atoms with Crippen LogP contribution in [0.25, 0.3) is 0 Å². The van der Waals surface area contributed by atoms with Crippen LogP contribution in [0.1, 0.15) is 59.9 Å². The fourth-order valence-electron chi connectivity index (χ4n) is 3.27. The highest BCUT2D eigenvalue weighted by molar-refractivity contribution is 7.80. The lowest BCUT2D eigenvalue weighted by Crippen LogP contribution is -2.71. The smallest absolute Gasteiger partial charge is 0.408 e. The maximum absolute atomic E-state index is 12.7.